The third-order valence-electron chi connectivity index (χ3n) is 1.94. The molecular weight excluding hydrogens is 208 g/mol. The quantitative estimate of drug-likeness (QED) is 0.343. The Hall–Kier alpha value is -2.17. The summed E-state index contributed by atoms with van der Waals surface area (Å²) in [4.78, 5) is 21.2. The van der Waals surface area contributed by atoms with Crippen LogP contribution < -0.4 is 5.32 Å². The van der Waals surface area contributed by atoms with E-state index in [1.807, 2.05) is 0 Å². The van der Waals surface area contributed by atoms with Crippen LogP contribution in [0.5, 0.6) is 0 Å². The second-order valence-corrected chi connectivity index (χ2v) is 3.13. The zero-order chi connectivity index (χ0) is 12.0. The highest BCUT2D eigenvalue weighted by molar-refractivity contribution is 6.01. The molecule has 0 amide bonds. The Bertz CT molecular complexity index is 415. The molecule has 0 spiro atoms. The standard InChI is InChI=1S/C11H12N2O3/c1-2-7-12-10-6-4-3-5-9(10)11(14)8-13(15)16/h2-6,12H,1,7-8H2. The molecule has 1 N–H and O–H groups in total. The molecule has 5 heteroatoms. The summed E-state index contributed by atoms with van der Waals surface area (Å²) in [6.07, 6.45) is 1.65. The van der Waals surface area contributed by atoms with Crippen LogP contribution in [-0.2, 0) is 0 Å². The van der Waals surface area contributed by atoms with Gasteiger partial charge in [-0.25, -0.2) is 0 Å². The summed E-state index contributed by atoms with van der Waals surface area (Å²) in [7, 11) is 0. The SMILES string of the molecule is C=CCNc1ccccc1C(=O)C[N+](=O)[O-]. The van der Waals surface area contributed by atoms with Crippen molar-refractivity contribution >= 4 is 11.5 Å². The monoisotopic (exact) mass is 220 g/mol. The molecule has 0 radical (unpaired) electrons. The smallest absolute Gasteiger partial charge is 0.265 e. The molecule has 1 rings (SSSR count). The van der Waals surface area contributed by atoms with Crippen molar-refractivity contribution in [2.45, 2.75) is 0 Å². The van der Waals surface area contributed by atoms with Gasteiger partial charge in [0.2, 0.25) is 5.78 Å². The first kappa shape index (κ1) is 11.9. The van der Waals surface area contributed by atoms with Crippen LogP contribution in [0.2, 0.25) is 0 Å². The number of anilines is 1. The largest absolute Gasteiger partial charge is 0.381 e. The van der Waals surface area contributed by atoms with Gasteiger partial charge in [0.15, 0.2) is 0 Å². The molecule has 0 aliphatic carbocycles. The Labute approximate surface area is 92.9 Å². The van der Waals surface area contributed by atoms with E-state index in [1.54, 1.807) is 30.3 Å². The second kappa shape index (κ2) is 5.65. The normalized spacial score (nSPS) is 9.50. The number of rotatable bonds is 6. The number of nitrogens with zero attached hydrogens (tertiary/aromatic N) is 1. The fraction of sp³-hybridized carbons (Fsp3) is 0.182. The second-order valence-electron chi connectivity index (χ2n) is 3.13. The van der Waals surface area contributed by atoms with Crippen molar-refractivity contribution in [1.82, 2.24) is 0 Å². The first-order valence-electron chi connectivity index (χ1n) is 4.74. The number of para-hydroxylation sites is 1. The minimum absolute atomic E-state index is 0.334. The molecule has 0 unspecified atom stereocenters. The van der Waals surface area contributed by atoms with Crippen molar-refractivity contribution in [3.63, 3.8) is 0 Å². The molecule has 0 aromatic heterocycles. The van der Waals surface area contributed by atoms with Gasteiger partial charge in [0, 0.05) is 22.7 Å². The maximum atomic E-state index is 11.5. The van der Waals surface area contributed by atoms with Crippen LogP contribution in [0.4, 0.5) is 5.69 Å². The molecule has 0 fully saturated rings. The molecule has 0 bridgehead atoms. The highest BCUT2D eigenvalue weighted by Crippen LogP contribution is 2.15. The third kappa shape index (κ3) is 3.20. The highest BCUT2D eigenvalue weighted by Gasteiger charge is 2.15. The zero-order valence-electron chi connectivity index (χ0n) is 8.68. The van der Waals surface area contributed by atoms with Gasteiger partial charge in [-0.15, -0.1) is 6.58 Å². The van der Waals surface area contributed by atoms with E-state index in [2.05, 4.69) is 11.9 Å². The van der Waals surface area contributed by atoms with E-state index in [9.17, 15) is 14.9 Å². The van der Waals surface area contributed by atoms with E-state index in [4.69, 9.17) is 0 Å². The number of carbonyl (C=O) groups excluding carboxylic acids is 1. The summed E-state index contributed by atoms with van der Waals surface area (Å²) in [5, 5.41) is 13.2. The van der Waals surface area contributed by atoms with Crippen molar-refractivity contribution in [3.8, 4) is 0 Å². The van der Waals surface area contributed by atoms with Gasteiger partial charge < -0.3 is 5.32 Å². The third-order valence-corrected chi connectivity index (χ3v) is 1.94. The van der Waals surface area contributed by atoms with Gasteiger partial charge in [-0.05, 0) is 12.1 Å². The maximum absolute atomic E-state index is 11.5. The Kier molecular flexibility index (Phi) is 4.20. The summed E-state index contributed by atoms with van der Waals surface area (Å²) in [6.45, 7) is 3.36. The zero-order valence-corrected chi connectivity index (χ0v) is 8.68. The summed E-state index contributed by atoms with van der Waals surface area (Å²) >= 11 is 0. The average Bonchev–Trinajstić information content (AvgIpc) is 2.25. The number of ketones is 1. The van der Waals surface area contributed by atoms with Crippen LogP contribution in [0.1, 0.15) is 10.4 Å². The Morgan fingerprint density at radius 1 is 1.50 bits per heavy atom. The van der Waals surface area contributed by atoms with E-state index < -0.39 is 17.3 Å². The van der Waals surface area contributed by atoms with E-state index in [0.717, 1.165) is 0 Å². The van der Waals surface area contributed by atoms with Gasteiger partial charge in [0.1, 0.15) is 0 Å². The summed E-state index contributed by atoms with van der Waals surface area (Å²) < 4.78 is 0. The topological polar surface area (TPSA) is 72.2 Å². The summed E-state index contributed by atoms with van der Waals surface area (Å²) in [6, 6.07) is 6.70. The molecule has 0 atom stereocenters. The number of Topliss-reactive ketones (excluding diaryl/α,β-unsaturated/α-hetero) is 1. The van der Waals surface area contributed by atoms with Gasteiger partial charge >= 0.3 is 0 Å². The van der Waals surface area contributed by atoms with Crippen molar-refractivity contribution in [1.29, 1.82) is 0 Å². The van der Waals surface area contributed by atoms with E-state index >= 15 is 0 Å². The lowest BCUT2D eigenvalue weighted by molar-refractivity contribution is -0.465. The number of hydrogen-bond donors (Lipinski definition) is 1. The van der Waals surface area contributed by atoms with Crippen LogP contribution in [0, 0.1) is 10.1 Å². The van der Waals surface area contributed by atoms with Crippen molar-refractivity contribution in [3.05, 3.63) is 52.6 Å². The number of benzene rings is 1. The van der Waals surface area contributed by atoms with Crippen LogP contribution in [0.15, 0.2) is 36.9 Å². The van der Waals surface area contributed by atoms with E-state index in [-0.39, 0.29) is 0 Å². The Morgan fingerprint density at radius 2 is 2.19 bits per heavy atom. The van der Waals surface area contributed by atoms with Crippen molar-refractivity contribution in [2.75, 3.05) is 18.4 Å². The Morgan fingerprint density at radius 3 is 2.81 bits per heavy atom. The molecule has 0 saturated heterocycles. The molecule has 0 aliphatic rings. The predicted octanol–water partition coefficient (Wildman–Crippen LogP) is 1.74. The lowest BCUT2D eigenvalue weighted by Crippen LogP contribution is -2.15. The molecule has 16 heavy (non-hydrogen) atoms. The molecular formula is C11H12N2O3. The van der Waals surface area contributed by atoms with Crippen LogP contribution >= 0.6 is 0 Å². The van der Waals surface area contributed by atoms with Gasteiger partial charge in [0.25, 0.3) is 6.54 Å². The van der Waals surface area contributed by atoms with E-state index in [1.165, 1.54) is 0 Å². The number of nitrogens with one attached hydrogen (secondary N) is 1. The first-order valence-corrected chi connectivity index (χ1v) is 4.74. The summed E-state index contributed by atoms with van der Waals surface area (Å²) in [5.41, 5.74) is 0.926. The van der Waals surface area contributed by atoms with Crippen LogP contribution in [-0.4, -0.2) is 23.8 Å². The fourth-order valence-corrected chi connectivity index (χ4v) is 1.26. The molecule has 1 aromatic carbocycles. The van der Waals surface area contributed by atoms with Gasteiger partial charge in [-0.3, -0.25) is 14.9 Å². The number of hydrogen-bond acceptors (Lipinski definition) is 4. The highest BCUT2D eigenvalue weighted by atomic mass is 16.6. The average molecular weight is 220 g/mol. The Balaban J connectivity index is 2.89. The molecule has 5 nitrogen and oxygen atoms in total. The van der Waals surface area contributed by atoms with Crippen molar-refractivity contribution < 1.29 is 9.72 Å². The molecule has 0 heterocycles. The number of nitro groups is 1. The maximum Gasteiger partial charge on any atom is 0.265 e. The van der Waals surface area contributed by atoms with Crippen LogP contribution in [0.3, 0.4) is 0 Å². The predicted molar refractivity (Wildman–Crippen MR) is 61.3 cm³/mol. The minimum atomic E-state index is -0.688. The molecule has 0 aliphatic heterocycles. The minimum Gasteiger partial charge on any atom is -0.381 e. The fourth-order valence-electron chi connectivity index (χ4n) is 1.26. The molecule has 84 valence electrons. The van der Waals surface area contributed by atoms with Gasteiger partial charge in [-0.1, -0.05) is 18.2 Å². The first-order chi connectivity index (χ1) is 7.65. The summed E-state index contributed by atoms with van der Waals surface area (Å²) in [5.74, 6) is -0.503. The van der Waals surface area contributed by atoms with Crippen molar-refractivity contribution in [2.24, 2.45) is 0 Å². The van der Waals surface area contributed by atoms with E-state index in [0.29, 0.717) is 17.8 Å². The molecule has 0 saturated carbocycles. The van der Waals surface area contributed by atoms with Crippen LogP contribution in [0.25, 0.3) is 0 Å². The number of carbonyl (C=O) groups is 1. The lowest BCUT2D eigenvalue weighted by Gasteiger charge is -2.07. The van der Waals surface area contributed by atoms with Gasteiger partial charge in [-0.2, -0.15) is 0 Å². The lowest BCUT2D eigenvalue weighted by atomic mass is 10.1. The molecule has 1 aromatic rings. The van der Waals surface area contributed by atoms with Gasteiger partial charge in [0.05, 0.1) is 0 Å².